The summed E-state index contributed by atoms with van der Waals surface area (Å²) < 4.78 is 2.01. The van der Waals surface area contributed by atoms with Crippen LogP contribution in [0.2, 0.25) is 0 Å². The minimum atomic E-state index is -0.242. The Labute approximate surface area is 142 Å². The zero-order chi connectivity index (χ0) is 16.9. The van der Waals surface area contributed by atoms with E-state index in [1.54, 1.807) is 4.90 Å². The van der Waals surface area contributed by atoms with Crippen molar-refractivity contribution in [3.8, 4) is 12.1 Å². The number of hydrogen-bond donors (Lipinski definition) is 1. The third kappa shape index (κ3) is 3.60. The van der Waals surface area contributed by atoms with Crippen molar-refractivity contribution in [1.82, 2.24) is 14.8 Å². The second-order valence-corrected chi connectivity index (χ2v) is 6.79. The zero-order valence-electron chi connectivity index (χ0n) is 13.8. The SMILES string of the molecule is N#Cc1cccn1C[C@H]1CC[C@@H](NCC(=O)N2CCC[C@H]2C#N)C1. The summed E-state index contributed by atoms with van der Waals surface area (Å²) in [7, 11) is 0. The number of rotatable bonds is 5. The van der Waals surface area contributed by atoms with Gasteiger partial charge in [0.25, 0.3) is 0 Å². The second-order valence-electron chi connectivity index (χ2n) is 6.79. The summed E-state index contributed by atoms with van der Waals surface area (Å²) in [5.41, 5.74) is 0.707. The summed E-state index contributed by atoms with van der Waals surface area (Å²) in [6.45, 7) is 1.89. The van der Waals surface area contributed by atoms with Gasteiger partial charge in [0.15, 0.2) is 0 Å². The fourth-order valence-corrected chi connectivity index (χ4v) is 3.91. The van der Waals surface area contributed by atoms with Gasteiger partial charge in [0.2, 0.25) is 5.91 Å². The van der Waals surface area contributed by atoms with Crippen LogP contribution < -0.4 is 5.32 Å². The Bertz CT molecular complexity index is 668. The van der Waals surface area contributed by atoms with E-state index in [1.807, 2.05) is 22.9 Å². The lowest BCUT2D eigenvalue weighted by Gasteiger charge is -2.21. The van der Waals surface area contributed by atoms with Crippen LogP contribution in [-0.4, -0.2) is 40.5 Å². The predicted octanol–water partition coefficient (Wildman–Crippen LogP) is 1.63. The van der Waals surface area contributed by atoms with Gasteiger partial charge in [-0.25, -0.2) is 0 Å². The number of hydrogen-bond acceptors (Lipinski definition) is 4. The highest BCUT2D eigenvalue weighted by molar-refractivity contribution is 5.79. The minimum Gasteiger partial charge on any atom is -0.339 e. The van der Waals surface area contributed by atoms with E-state index in [9.17, 15) is 4.79 Å². The Morgan fingerprint density at radius 2 is 2.21 bits per heavy atom. The van der Waals surface area contributed by atoms with Crippen molar-refractivity contribution in [2.24, 2.45) is 5.92 Å². The molecular formula is C18H23N5O. The number of nitrogens with zero attached hydrogens (tertiary/aromatic N) is 4. The van der Waals surface area contributed by atoms with Crippen LogP contribution in [0.15, 0.2) is 18.3 Å². The first-order valence-corrected chi connectivity index (χ1v) is 8.69. The summed E-state index contributed by atoms with van der Waals surface area (Å²) >= 11 is 0. The van der Waals surface area contributed by atoms with E-state index in [2.05, 4.69) is 17.5 Å². The largest absolute Gasteiger partial charge is 0.339 e. The molecule has 2 heterocycles. The number of nitriles is 2. The van der Waals surface area contributed by atoms with Crippen LogP contribution in [0, 0.1) is 28.6 Å². The summed E-state index contributed by atoms with van der Waals surface area (Å²) in [4.78, 5) is 14.0. The molecule has 3 atom stereocenters. The molecular weight excluding hydrogens is 302 g/mol. The fourth-order valence-electron chi connectivity index (χ4n) is 3.91. The second kappa shape index (κ2) is 7.51. The van der Waals surface area contributed by atoms with Crippen LogP contribution in [0.5, 0.6) is 0 Å². The van der Waals surface area contributed by atoms with Crippen molar-refractivity contribution in [2.75, 3.05) is 13.1 Å². The molecule has 1 aliphatic heterocycles. The van der Waals surface area contributed by atoms with E-state index in [4.69, 9.17) is 10.5 Å². The maximum Gasteiger partial charge on any atom is 0.237 e. The third-order valence-electron chi connectivity index (χ3n) is 5.20. The Balaban J connectivity index is 1.44. The molecule has 0 aromatic carbocycles. The predicted molar refractivity (Wildman–Crippen MR) is 88.6 cm³/mol. The summed E-state index contributed by atoms with van der Waals surface area (Å²) in [5, 5.41) is 21.5. The number of amides is 1. The van der Waals surface area contributed by atoms with Crippen molar-refractivity contribution < 1.29 is 4.79 Å². The lowest BCUT2D eigenvalue weighted by atomic mass is 10.1. The molecule has 1 saturated heterocycles. The van der Waals surface area contributed by atoms with Crippen LogP contribution in [0.1, 0.15) is 37.8 Å². The van der Waals surface area contributed by atoms with Crippen LogP contribution in [0.3, 0.4) is 0 Å². The first-order chi connectivity index (χ1) is 11.7. The van der Waals surface area contributed by atoms with Crippen LogP contribution in [-0.2, 0) is 11.3 Å². The Morgan fingerprint density at radius 1 is 1.33 bits per heavy atom. The summed E-state index contributed by atoms with van der Waals surface area (Å²) in [6.07, 6.45) is 6.87. The Morgan fingerprint density at radius 3 is 3.00 bits per heavy atom. The molecule has 0 radical (unpaired) electrons. The third-order valence-corrected chi connectivity index (χ3v) is 5.20. The van der Waals surface area contributed by atoms with Crippen molar-refractivity contribution in [3.63, 3.8) is 0 Å². The number of carbonyl (C=O) groups is 1. The van der Waals surface area contributed by atoms with Crippen molar-refractivity contribution >= 4 is 5.91 Å². The molecule has 126 valence electrons. The van der Waals surface area contributed by atoms with Gasteiger partial charge in [-0.2, -0.15) is 10.5 Å². The molecule has 1 amide bonds. The zero-order valence-corrected chi connectivity index (χ0v) is 13.8. The highest BCUT2D eigenvalue weighted by Gasteiger charge is 2.30. The van der Waals surface area contributed by atoms with E-state index in [-0.39, 0.29) is 11.9 Å². The molecule has 6 nitrogen and oxygen atoms in total. The maximum atomic E-state index is 12.3. The summed E-state index contributed by atoms with van der Waals surface area (Å²) in [5.74, 6) is 0.579. The molecule has 1 saturated carbocycles. The molecule has 1 aliphatic carbocycles. The van der Waals surface area contributed by atoms with Crippen molar-refractivity contribution in [1.29, 1.82) is 10.5 Å². The molecule has 0 unspecified atom stereocenters. The van der Waals surface area contributed by atoms with E-state index in [0.717, 1.165) is 38.6 Å². The van der Waals surface area contributed by atoms with Crippen LogP contribution in [0.4, 0.5) is 0 Å². The van der Waals surface area contributed by atoms with Gasteiger partial charge in [0.1, 0.15) is 17.8 Å². The molecule has 6 heteroatoms. The first kappa shape index (κ1) is 16.5. The quantitative estimate of drug-likeness (QED) is 0.891. The highest BCUT2D eigenvalue weighted by atomic mass is 16.2. The van der Waals surface area contributed by atoms with Crippen LogP contribution >= 0.6 is 0 Å². The average molecular weight is 325 g/mol. The number of likely N-dealkylation sites (tertiary alicyclic amines) is 1. The molecule has 1 N–H and O–H groups in total. The monoisotopic (exact) mass is 325 g/mol. The van der Waals surface area contributed by atoms with Gasteiger partial charge in [-0.15, -0.1) is 0 Å². The lowest BCUT2D eigenvalue weighted by Crippen LogP contribution is -2.42. The van der Waals surface area contributed by atoms with Gasteiger partial charge in [0, 0.05) is 25.3 Å². The van der Waals surface area contributed by atoms with Crippen molar-refractivity contribution in [3.05, 3.63) is 24.0 Å². The molecule has 1 aromatic heterocycles. The first-order valence-electron chi connectivity index (χ1n) is 8.69. The highest BCUT2D eigenvalue weighted by Crippen LogP contribution is 2.27. The van der Waals surface area contributed by atoms with Gasteiger partial charge < -0.3 is 14.8 Å². The van der Waals surface area contributed by atoms with Gasteiger partial charge in [-0.1, -0.05) is 0 Å². The minimum absolute atomic E-state index is 0.0414. The van der Waals surface area contributed by atoms with E-state index >= 15 is 0 Å². The van der Waals surface area contributed by atoms with E-state index in [0.29, 0.717) is 30.7 Å². The Hall–Kier alpha value is -2.31. The number of carbonyl (C=O) groups excluding carboxylic acids is 1. The fraction of sp³-hybridized carbons (Fsp3) is 0.611. The molecule has 0 spiro atoms. The lowest BCUT2D eigenvalue weighted by molar-refractivity contribution is -0.130. The smallest absolute Gasteiger partial charge is 0.237 e. The molecule has 24 heavy (non-hydrogen) atoms. The van der Waals surface area contributed by atoms with Gasteiger partial charge in [-0.05, 0) is 50.2 Å². The van der Waals surface area contributed by atoms with Gasteiger partial charge in [0.05, 0.1) is 12.6 Å². The number of nitrogens with one attached hydrogen (secondary N) is 1. The topological polar surface area (TPSA) is 84.8 Å². The van der Waals surface area contributed by atoms with Gasteiger partial charge >= 0.3 is 0 Å². The summed E-state index contributed by atoms with van der Waals surface area (Å²) in [6, 6.07) is 8.28. The number of aromatic nitrogens is 1. The molecule has 0 bridgehead atoms. The molecule has 2 fully saturated rings. The molecule has 1 aromatic rings. The average Bonchev–Trinajstić information content (AvgIpc) is 3.33. The van der Waals surface area contributed by atoms with Gasteiger partial charge in [-0.3, -0.25) is 4.79 Å². The Kier molecular flexibility index (Phi) is 5.17. The van der Waals surface area contributed by atoms with Crippen molar-refractivity contribution in [2.45, 2.75) is 50.7 Å². The maximum absolute atomic E-state index is 12.3. The van der Waals surface area contributed by atoms with E-state index < -0.39 is 0 Å². The molecule has 3 rings (SSSR count). The standard InChI is InChI=1S/C18H23N5O/c19-10-16-3-1-7-22(16)13-14-5-6-15(9-14)21-12-18(24)23-8-2-4-17(23)11-20/h1,3,7,14-15,17,21H,2,4-6,8-9,12-13H2/t14-,15+,17-/m0/s1. The normalized spacial score (nSPS) is 26.2. The van der Waals surface area contributed by atoms with Crippen LogP contribution in [0.25, 0.3) is 0 Å². The molecule has 2 aliphatic rings. The van der Waals surface area contributed by atoms with E-state index in [1.165, 1.54) is 0 Å².